The number of carbonyl (C=O) groups excluding carboxylic acids is 3. The summed E-state index contributed by atoms with van der Waals surface area (Å²) in [5, 5.41) is 14.1. The number of aliphatic hydroxyl groups excluding tert-OH is 1. The molecule has 2 amide bonds. The molecule has 9 nitrogen and oxygen atoms in total. The van der Waals surface area contributed by atoms with Crippen LogP contribution in [-0.2, 0) is 14.3 Å². The molecule has 0 aliphatic carbocycles. The molecular weight excluding hydrogens is 354 g/mol. The molecule has 148 valence electrons. The van der Waals surface area contributed by atoms with Crippen molar-refractivity contribution in [1.29, 1.82) is 0 Å². The van der Waals surface area contributed by atoms with Crippen molar-refractivity contribution in [2.45, 2.75) is 51.3 Å². The van der Waals surface area contributed by atoms with Crippen LogP contribution in [0, 0.1) is 5.92 Å². The highest BCUT2D eigenvalue weighted by atomic mass is 16.5. The zero-order valence-electron chi connectivity index (χ0n) is 15.8. The van der Waals surface area contributed by atoms with Crippen molar-refractivity contribution in [3.8, 4) is 0 Å². The minimum atomic E-state index is -1.43. The Hall–Kier alpha value is -2.42. The molecule has 0 radical (unpaired) electrons. The molecule has 2 fully saturated rings. The summed E-state index contributed by atoms with van der Waals surface area (Å²) in [6, 6.07) is 1.31. The average molecular weight is 379 g/mol. The van der Waals surface area contributed by atoms with Crippen molar-refractivity contribution in [2.75, 3.05) is 19.7 Å². The number of amides is 2. The van der Waals surface area contributed by atoms with Crippen molar-refractivity contribution in [3.05, 3.63) is 18.0 Å². The first kappa shape index (κ1) is 19.3. The Morgan fingerprint density at radius 3 is 2.59 bits per heavy atom. The third kappa shape index (κ3) is 3.09. The quantitative estimate of drug-likeness (QED) is 0.755. The zero-order valence-corrected chi connectivity index (χ0v) is 15.8. The van der Waals surface area contributed by atoms with Gasteiger partial charge in [-0.15, -0.1) is 0 Å². The Morgan fingerprint density at radius 2 is 2.07 bits per heavy atom. The van der Waals surface area contributed by atoms with Crippen LogP contribution in [0.5, 0.6) is 0 Å². The molecule has 0 bridgehead atoms. The highest BCUT2D eigenvalue weighted by Crippen LogP contribution is 2.45. The Bertz CT molecular complexity index is 709. The molecule has 1 spiro atoms. The van der Waals surface area contributed by atoms with Gasteiger partial charge in [0.05, 0.1) is 18.3 Å². The van der Waals surface area contributed by atoms with E-state index in [0.29, 0.717) is 25.9 Å². The van der Waals surface area contributed by atoms with Crippen LogP contribution in [-0.4, -0.2) is 75.2 Å². The molecule has 1 aromatic rings. The molecule has 0 unspecified atom stereocenters. The molecular formula is C18H25N3O6. The highest BCUT2D eigenvalue weighted by molar-refractivity contribution is 5.94. The molecule has 2 saturated heterocycles. The fourth-order valence-corrected chi connectivity index (χ4v) is 4.43. The zero-order chi connectivity index (χ0) is 19.8. The van der Waals surface area contributed by atoms with Crippen LogP contribution in [0.2, 0.25) is 0 Å². The number of aromatic nitrogens is 1. The van der Waals surface area contributed by atoms with Gasteiger partial charge >= 0.3 is 5.97 Å². The van der Waals surface area contributed by atoms with E-state index in [1.165, 1.54) is 12.3 Å². The van der Waals surface area contributed by atoms with Gasteiger partial charge < -0.3 is 24.2 Å². The molecule has 27 heavy (non-hydrogen) atoms. The largest absolute Gasteiger partial charge is 0.466 e. The fraction of sp³-hybridized carbons (Fsp3) is 0.667. The van der Waals surface area contributed by atoms with Crippen LogP contribution in [0.4, 0.5) is 0 Å². The minimum Gasteiger partial charge on any atom is -0.466 e. The number of esters is 1. The second-order valence-electron chi connectivity index (χ2n) is 7.25. The molecule has 1 N–H and O–H groups in total. The molecule has 2 aliphatic rings. The number of hydrogen-bond acceptors (Lipinski definition) is 7. The van der Waals surface area contributed by atoms with E-state index in [9.17, 15) is 19.5 Å². The second-order valence-corrected chi connectivity index (χ2v) is 7.25. The van der Waals surface area contributed by atoms with Gasteiger partial charge in [-0.05, 0) is 33.6 Å². The SMILES string of the molecule is CCOC(=O)[C@H]1[C@@H](O)C(=O)N(C(C)C)C12CCN(C(=O)c1ccno1)CC2. The van der Waals surface area contributed by atoms with Crippen LogP contribution in [0.3, 0.4) is 0 Å². The van der Waals surface area contributed by atoms with Crippen molar-refractivity contribution < 1.29 is 28.8 Å². The summed E-state index contributed by atoms with van der Waals surface area (Å²) < 4.78 is 10.1. The molecule has 2 aliphatic heterocycles. The van der Waals surface area contributed by atoms with E-state index in [4.69, 9.17) is 9.26 Å². The maximum atomic E-state index is 12.7. The predicted octanol–water partition coefficient (Wildman–Crippen LogP) is 0.440. The number of hydrogen-bond donors (Lipinski definition) is 1. The Morgan fingerprint density at radius 1 is 1.41 bits per heavy atom. The molecule has 3 rings (SSSR count). The number of likely N-dealkylation sites (tertiary alicyclic amines) is 2. The van der Waals surface area contributed by atoms with E-state index in [2.05, 4.69) is 5.16 Å². The van der Waals surface area contributed by atoms with Gasteiger partial charge in [0.15, 0.2) is 0 Å². The summed E-state index contributed by atoms with van der Waals surface area (Å²) in [6.45, 7) is 6.23. The van der Waals surface area contributed by atoms with Gasteiger partial charge in [0.25, 0.3) is 11.8 Å². The number of aliphatic hydroxyl groups is 1. The van der Waals surface area contributed by atoms with Gasteiger partial charge in [0, 0.05) is 25.2 Å². The summed E-state index contributed by atoms with van der Waals surface area (Å²) >= 11 is 0. The Balaban J connectivity index is 1.87. The lowest BCUT2D eigenvalue weighted by Crippen LogP contribution is -2.60. The van der Waals surface area contributed by atoms with Crippen molar-refractivity contribution in [2.24, 2.45) is 5.92 Å². The van der Waals surface area contributed by atoms with Gasteiger partial charge in [0.1, 0.15) is 12.0 Å². The second kappa shape index (κ2) is 7.30. The first-order valence-corrected chi connectivity index (χ1v) is 9.21. The number of ether oxygens (including phenoxy) is 1. The standard InChI is InChI=1S/C18H25N3O6/c1-4-26-17(25)13-14(22)16(24)21(11(2)3)18(13)6-9-20(10-7-18)15(23)12-5-8-19-27-12/h5,8,11,13-14,22H,4,6-7,9-10H2,1-3H3/t13-,14-/m1/s1. The van der Waals surface area contributed by atoms with Crippen LogP contribution < -0.4 is 0 Å². The van der Waals surface area contributed by atoms with E-state index in [1.54, 1.807) is 16.7 Å². The summed E-state index contributed by atoms with van der Waals surface area (Å²) in [4.78, 5) is 41.0. The number of carbonyl (C=O) groups is 3. The Kier molecular flexibility index (Phi) is 5.23. The minimum absolute atomic E-state index is 0.149. The van der Waals surface area contributed by atoms with Gasteiger partial charge in [0.2, 0.25) is 5.76 Å². The monoisotopic (exact) mass is 379 g/mol. The lowest BCUT2D eigenvalue weighted by Gasteiger charge is -2.48. The smallest absolute Gasteiger partial charge is 0.314 e. The molecule has 1 aromatic heterocycles. The van der Waals surface area contributed by atoms with E-state index in [-0.39, 0.29) is 24.3 Å². The number of piperidine rings is 1. The van der Waals surface area contributed by atoms with Crippen LogP contribution in [0.15, 0.2) is 16.8 Å². The third-order valence-corrected chi connectivity index (χ3v) is 5.49. The van der Waals surface area contributed by atoms with Crippen molar-refractivity contribution >= 4 is 17.8 Å². The van der Waals surface area contributed by atoms with Gasteiger partial charge in [-0.25, -0.2) is 0 Å². The van der Waals surface area contributed by atoms with Gasteiger partial charge in [-0.3, -0.25) is 14.4 Å². The lowest BCUT2D eigenvalue weighted by atomic mass is 9.75. The maximum Gasteiger partial charge on any atom is 0.314 e. The van der Waals surface area contributed by atoms with E-state index >= 15 is 0 Å². The van der Waals surface area contributed by atoms with Gasteiger partial charge in [-0.1, -0.05) is 5.16 Å². The summed E-state index contributed by atoms with van der Waals surface area (Å²) in [5.74, 6) is -2.13. The van der Waals surface area contributed by atoms with Gasteiger partial charge in [-0.2, -0.15) is 0 Å². The topological polar surface area (TPSA) is 113 Å². The number of nitrogens with zero attached hydrogens (tertiary/aromatic N) is 3. The summed E-state index contributed by atoms with van der Waals surface area (Å²) in [5.41, 5.74) is -0.866. The maximum absolute atomic E-state index is 12.7. The highest BCUT2D eigenvalue weighted by Gasteiger charge is 2.63. The van der Waals surface area contributed by atoms with Crippen LogP contribution >= 0.6 is 0 Å². The van der Waals surface area contributed by atoms with Crippen LogP contribution in [0.1, 0.15) is 44.2 Å². The molecule has 0 saturated carbocycles. The number of rotatable bonds is 4. The van der Waals surface area contributed by atoms with Crippen LogP contribution in [0.25, 0.3) is 0 Å². The molecule has 0 aromatic carbocycles. The van der Waals surface area contributed by atoms with E-state index in [0.717, 1.165) is 0 Å². The Labute approximate surface area is 157 Å². The third-order valence-electron chi connectivity index (χ3n) is 5.49. The summed E-state index contributed by atoms with van der Waals surface area (Å²) in [6.07, 6.45) is 0.722. The van der Waals surface area contributed by atoms with E-state index < -0.39 is 29.4 Å². The van der Waals surface area contributed by atoms with Crippen molar-refractivity contribution in [1.82, 2.24) is 15.0 Å². The normalized spacial score (nSPS) is 24.7. The lowest BCUT2D eigenvalue weighted by molar-refractivity contribution is -0.156. The molecule has 2 atom stereocenters. The van der Waals surface area contributed by atoms with Crippen molar-refractivity contribution in [3.63, 3.8) is 0 Å². The first-order valence-electron chi connectivity index (χ1n) is 9.21. The molecule has 3 heterocycles. The fourth-order valence-electron chi connectivity index (χ4n) is 4.43. The first-order chi connectivity index (χ1) is 12.8. The summed E-state index contributed by atoms with van der Waals surface area (Å²) in [7, 11) is 0. The average Bonchev–Trinajstić information content (AvgIpc) is 3.22. The molecule has 9 heteroatoms. The predicted molar refractivity (Wildman–Crippen MR) is 92.5 cm³/mol. The van der Waals surface area contributed by atoms with E-state index in [1.807, 2.05) is 13.8 Å².